The van der Waals surface area contributed by atoms with Crippen LogP contribution in [0.15, 0.2) is 42.5 Å². The molecule has 0 aliphatic carbocycles. The minimum atomic E-state index is -0.821. The molecule has 0 spiro atoms. The molecule has 1 N–H and O–H groups in total. The molecular weight excluding hydrogens is 389 g/mol. The van der Waals surface area contributed by atoms with E-state index in [1.165, 1.54) is 18.2 Å². The lowest BCUT2D eigenvalue weighted by Gasteiger charge is -2.21. The number of hydrogen-bond acceptors (Lipinski definition) is 4. The zero-order valence-corrected chi connectivity index (χ0v) is 16.8. The van der Waals surface area contributed by atoms with Crippen LogP contribution >= 0.6 is 23.2 Å². The van der Waals surface area contributed by atoms with E-state index in [0.717, 1.165) is 0 Å². The van der Waals surface area contributed by atoms with Gasteiger partial charge in [-0.2, -0.15) is 0 Å². The molecule has 0 saturated carbocycles. The lowest BCUT2D eigenvalue weighted by atomic mass is 10.0. The molecule has 0 bridgehead atoms. The summed E-state index contributed by atoms with van der Waals surface area (Å²) in [5.74, 6) is -0.193. The highest BCUT2D eigenvalue weighted by Crippen LogP contribution is 2.26. The van der Waals surface area contributed by atoms with Gasteiger partial charge in [-0.15, -0.1) is 0 Å². The van der Waals surface area contributed by atoms with Gasteiger partial charge in [0.05, 0.1) is 16.7 Å². The summed E-state index contributed by atoms with van der Waals surface area (Å²) in [6.07, 6.45) is 0. The molecule has 0 aliphatic heterocycles. The third-order valence-electron chi connectivity index (χ3n) is 3.74. The summed E-state index contributed by atoms with van der Waals surface area (Å²) in [7, 11) is 0. The lowest BCUT2D eigenvalue weighted by Crippen LogP contribution is -2.46. The van der Waals surface area contributed by atoms with Crippen molar-refractivity contribution in [1.29, 1.82) is 0 Å². The zero-order valence-electron chi connectivity index (χ0n) is 15.3. The second kappa shape index (κ2) is 9.62. The number of carbonyl (C=O) groups is 2. The van der Waals surface area contributed by atoms with Gasteiger partial charge in [0.15, 0.2) is 0 Å². The van der Waals surface area contributed by atoms with E-state index < -0.39 is 12.0 Å². The Morgan fingerprint density at radius 2 is 1.63 bits per heavy atom. The summed E-state index contributed by atoms with van der Waals surface area (Å²) >= 11 is 11.8. The van der Waals surface area contributed by atoms with Crippen LogP contribution in [0.25, 0.3) is 0 Å². The van der Waals surface area contributed by atoms with Gasteiger partial charge in [0.25, 0.3) is 5.91 Å². The van der Waals surface area contributed by atoms with Crippen LogP contribution in [0.2, 0.25) is 10.0 Å². The molecule has 2 rings (SSSR count). The van der Waals surface area contributed by atoms with Gasteiger partial charge in [0.1, 0.15) is 17.5 Å². The molecular formula is C20H21Cl2NO4. The van der Waals surface area contributed by atoms with Gasteiger partial charge in [-0.25, -0.2) is 4.79 Å². The Bertz CT molecular complexity index is 806. The normalized spacial score (nSPS) is 11.8. The van der Waals surface area contributed by atoms with Gasteiger partial charge in [0, 0.05) is 11.6 Å². The minimum absolute atomic E-state index is 0.174. The van der Waals surface area contributed by atoms with Crippen LogP contribution in [-0.2, 0) is 4.79 Å². The zero-order chi connectivity index (χ0) is 20.0. The van der Waals surface area contributed by atoms with Crippen LogP contribution in [0, 0.1) is 5.92 Å². The van der Waals surface area contributed by atoms with E-state index in [1.54, 1.807) is 24.3 Å². The highest BCUT2D eigenvalue weighted by Gasteiger charge is 2.27. The van der Waals surface area contributed by atoms with Gasteiger partial charge < -0.3 is 14.8 Å². The Morgan fingerprint density at radius 3 is 2.19 bits per heavy atom. The number of esters is 1. The van der Waals surface area contributed by atoms with Gasteiger partial charge in [-0.3, -0.25) is 4.79 Å². The molecule has 2 aromatic rings. The summed E-state index contributed by atoms with van der Waals surface area (Å²) in [6.45, 7) is 6.06. The number of rotatable bonds is 7. The minimum Gasteiger partial charge on any atom is -0.494 e. The Labute approximate surface area is 168 Å². The van der Waals surface area contributed by atoms with E-state index in [2.05, 4.69) is 5.32 Å². The third-order valence-corrected chi connectivity index (χ3v) is 4.48. The molecule has 1 atom stereocenters. The number of hydrogen-bond donors (Lipinski definition) is 1. The number of ether oxygens (including phenoxy) is 2. The smallest absolute Gasteiger partial charge is 0.334 e. The Hall–Kier alpha value is -2.24. The standard InChI is InChI=1S/C20H21Cl2NO4/c1-4-26-14-7-5-13(6-8-14)19(24)23-18(12(2)3)20(25)27-15-9-10-16(21)17(22)11-15/h5-12,18H,4H2,1-3H3,(H,23,24)/t18-/m0/s1. The van der Waals surface area contributed by atoms with E-state index in [0.29, 0.717) is 22.9 Å². The fourth-order valence-electron chi connectivity index (χ4n) is 2.31. The van der Waals surface area contributed by atoms with Crippen molar-refractivity contribution in [1.82, 2.24) is 5.32 Å². The average Bonchev–Trinajstić information content (AvgIpc) is 2.63. The van der Waals surface area contributed by atoms with Crippen molar-refractivity contribution in [2.45, 2.75) is 26.8 Å². The van der Waals surface area contributed by atoms with E-state index in [-0.39, 0.29) is 22.6 Å². The maximum absolute atomic E-state index is 12.5. The molecule has 0 aliphatic rings. The fraction of sp³-hybridized carbons (Fsp3) is 0.300. The lowest BCUT2D eigenvalue weighted by molar-refractivity contribution is -0.137. The molecule has 5 nitrogen and oxygen atoms in total. The predicted octanol–water partition coefficient (Wildman–Crippen LogP) is 4.75. The number of amides is 1. The number of benzene rings is 2. The summed E-state index contributed by atoms with van der Waals surface area (Å²) < 4.78 is 10.7. The Kier molecular flexibility index (Phi) is 7.51. The van der Waals surface area contributed by atoms with Gasteiger partial charge >= 0.3 is 5.97 Å². The number of halogens is 2. The molecule has 7 heteroatoms. The second-order valence-corrected chi connectivity index (χ2v) is 6.96. The van der Waals surface area contributed by atoms with Gasteiger partial charge in [0.2, 0.25) is 0 Å². The van der Waals surface area contributed by atoms with Crippen LogP contribution in [-0.4, -0.2) is 24.5 Å². The summed E-state index contributed by atoms with van der Waals surface area (Å²) in [5, 5.41) is 3.36. The summed E-state index contributed by atoms with van der Waals surface area (Å²) in [4.78, 5) is 25.0. The first-order chi connectivity index (χ1) is 12.8. The molecule has 0 heterocycles. The maximum Gasteiger partial charge on any atom is 0.334 e. The monoisotopic (exact) mass is 409 g/mol. The first-order valence-electron chi connectivity index (χ1n) is 8.52. The van der Waals surface area contributed by atoms with Crippen molar-refractivity contribution < 1.29 is 19.1 Å². The van der Waals surface area contributed by atoms with Crippen molar-refractivity contribution in [2.75, 3.05) is 6.61 Å². The van der Waals surface area contributed by atoms with Crippen molar-refractivity contribution >= 4 is 35.1 Å². The van der Waals surface area contributed by atoms with Crippen molar-refractivity contribution in [3.05, 3.63) is 58.1 Å². The van der Waals surface area contributed by atoms with E-state index in [9.17, 15) is 9.59 Å². The van der Waals surface area contributed by atoms with Crippen molar-refractivity contribution in [3.63, 3.8) is 0 Å². The van der Waals surface area contributed by atoms with E-state index >= 15 is 0 Å². The summed E-state index contributed by atoms with van der Waals surface area (Å²) in [5.41, 5.74) is 0.423. The van der Waals surface area contributed by atoms with Crippen LogP contribution < -0.4 is 14.8 Å². The molecule has 0 unspecified atom stereocenters. The van der Waals surface area contributed by atoms with Crippen LogP contribution in [0.3, 0.4) is 0 Å². The molecule has 0 aromatic heterocycles. The molecule has 0 radical (unpaired) electrons. The molecule has 144 valence electrons. The second-order valence-electron chi connectivity index (χ2n) is 6.15. The quantitative estimate of drug-likeness (QED) is 0.529. The fourth-order valence-corrected chi connectivity index (χ4v) is 2.60. The summed E-state index contributed by atoms with van der Waals surface area (Å²) in [6, 6.07) is 10.4. The number of nitrogens with one attached hydrogen (secondary N) is 1. The molecule has 2 aromatic carbocycles. The average molecular weight is 410 g/mol. The van der Waals surface area contributed by atoms with Crippen LogP contribution in [0.5, 0.6) is 11.5 Å². The Morgan fingerprint density at radius 1 is 1.00 bits per heavy atom. The van der Waals surface area contributed by atoms with Gasteiger partial charge in [-0.05, 0) is 49.2 Å². The highest BCUT2D eigenvalue weighted by molar-refractivity contribution is 6.42. The highest BCUT2D eigenvalue weighted by atomic mass is 35.5. The predicted molar refractivity (Wildman–Crippen MR) is 106 cm³/mol. The molecule has 27 heavy (non-hydrogen) atoms. The van der Waals surface area contributed by atoms with E-state index in [1.807, 2.05) is 20.8 Å². The van der Waals surface area contributed by atoms with Crippen molar-refractivity contribution in [3.8, 4) is 11.5 Å². The van der Waals surface area contributed by atoms with Gasteiger partial charge in [-0.1, -0.05) is 37.0 Å². The molecule has 0 fully saturated rings. The SMILES string of the molecule is CCOc1ccc(C(=O)N[C@H](C(=O)Oc2ccc(Cl)c(Cl)c2)C(C)C)cc1. The largest absolute Gasteiger partial charge is 0.494 e. The molecule has 1 amide bonds. The van der Waals surface area contributed by atoms with Crippen LogP contribution in [0.4, 0.5) is 0 Å². The Balaban J connectivity index is 2.08. The van der Waals surface area contributed by atoms with Crippen LogP contribution in [0.1, 0.15) is 31.1 Å². The van der Waals surface area contributed by atoms with Crippen molar-refractivity contribution in [2.24, 2.45) is 5.92 Å². The van der Waals surface area contributed by atoms with E-state index in [4.69, 9.17) is 32.7 Å². The maximum atomic E-state index is 12.5. The third kappa shape index (κ3) is 5.88. The number of carbonyl (C=O) groups excluding carboxylic acids is 2. The first-order valence-corrected chi connectivity index (χ1v) is 9.28. The first kappa shape index (κ1) is 21.1. The topological polar surface area (TPSA) is 64.6 Å². The molecule has 0 saturated heterocycles.